The normalized spacial score (nSPS) is 10.7. The number of aromatic nitrogens is 2. The van der Waals surface area contributed by atoms with E-state index in [1.54, 1.807) is 6.92 Å². The van der Waals surface area contributed by atoms with E-state index >= 15 is 0 Å². The van der Waals surface area contributed by atoms with Gasteiger partial charge in [-0.3, -0.25) is 0 Å². The van der Waals surface area contributed by atoms with Crippen molar-refractivity contribution in [2.75, 3.05) is 19.8 Å². The monoisotopic (exact) mass is 285 g/mol. The first-order valence-electron chi connectivity index (χ1n) is 5.78. The number of hydrogen-bond acceptors (Lipinski definition) is 7. The lowest BCUT2D eigenvalue weighted by atomic mass is 10.5. The van der Waals surface area contributed by atoms with Crippen LogP contribution in [0, 0.1) is 17.0 Å². The van der Waals surface area contributed by atoms with Gasteiger partial charge in [0.2, 0.25) is 0 Å². The number of hydrogen-bond donors (Lipinski definition) is 1. The molecule has 1 heterocycles. The summed E-state index contributed by atoms with van der Waals surface area (Å²) < 4.78 is 10.7. The zero-order valence-corrected chi connectivity index (χ0v) is 10.9. The lowest BCUT2D eigenvalue weighted by Crippen LogP contribution is -2.14. The van der Waals surface area contributed by atoms with E-state index in [4.69, 9.17) is 9.84 Å². The molecule has 0 radical (unpaired) electrons. The molecule has 1 aromatic rings. The molecule has 1 aromatic heterocycles. The maximum Gasteiger partial charge on any atom is 0.508 e. The third kappa shape index (κ3) is 4.69. The van der Waals surface area contributed by atoms with Crippen LogP contribution in [0.4, 0.5) is 10.6 Å². The molecule has 0 atom stereocenters. The summed E-state index contributed by atoms with van der Waals surface area (Å²) in [5.74, 6) is 0.296. The van der Waals surface area contributed by atoms with Crippen LogP contribution in [0.15, 0.2) is 18.3 Å². The molecule has 20 heavy (non-hydrogen) atoms. The van der Waals surface area contributed by atoms with Crippen molar-refractivity contribution < 1.29 is 24.3 Å². The first-order chi connectivity index (χ1) is 9.56. The summed E-state index contributed by atoms with van der Waals surface area (Å²) in [5, 5.41) is 19.2. The Morgan fingerprint density at radius 1 is 1.55 bits per heavy atom. The van der Waals surface area contributed by atoms with E-state index in [-0.39, 0.29) is 32.2 Å². The number of aryl methyl sites for hydroxylation is 1. The van der Waals surface area contributed by atoms with Crippen LogP contribution in [0.3, 0.4) is 0 Å². The predicted octanol–water partition coefficient (Wildman–Crippen LogP) is 0.801. The topological polar surface area (TPSA) is 117 Å². The van der Waals surface area contributed by atoms with Gasteiger partial charge in [-0.15, -0.1) is 0 Å². The van der Waals surface area contributed by atoms with E-state index in [1.165, 1.54) is 16.7 Å². The summed E-state index contributed by atoms with van der Waals surface area (Å²) >= 11 is 0. The number of carbonyl (C=O) groups is 1. The predicted molar refractivity (Wildman–Crippen MR) is 67.1 cm³/mol. The minimum Gasteiger partial charge on any atom is -0.430 e. The summed E-state index contributed by atoms with van der Waals surface area (Å²) in [4.78, 5) is 25.1. The van der Waals surface area contributed by atoms with Crippen molar-refractivity contribution in [1.82, 2.24) is 9.55 Å². The molecule has 1 rings (SSSR count). The van der Waals surface area contributed by atoms with E-state index in [2.05, 4.69) is 9.72 Å². The minimum atomic E-state index is -0.881. The molecule has 9 nitrogen and oxygen atoms in total. The van der Waals surface area contributed by atoms with E-state index in [1.807, 2.05) is 0 Å². The van der Waals surface area contributed by atoms with Gasteiger partial charge >= 0.3 is 12.0 Å². The number of carbonyl (C=O) groups excluding carboxylic acids is 1. The molecule has 9 heteroatoms. The fraction of sp³-hybridized carbons (Fsp3) is 0.455. The zero-order chi connectivity index (χ0) is 15.0. The standard InChI is InChI=1S/C11H15N3O6/c1-9-12-8-10(14(17)18)13(9)4-7-20-11(16)19-6-3-2-5-15/h2-3,8,15H,4-7H2,1H3. The summed E-state index contributed by atoms with van der Waals surface area (Å²) in [6, 6.07) is 0. The molecule has 0 bridgehead atoms. The number of rotatable bonds is 7. The first-order valence-corrected chi connectivity index (χ1v) is 5.78. The third-order valence-corrected chi connectivity index (χ3v) is 2.33. The van der Waals surface area contributed by atoms with Gasteiger partial charge in [0.05, 0.1) is 6.61 Å². The molecule has 1 N–H and O–H groups in total. The lowest BCUT2D eigenvalue weighted by Gasteiger charge is -2.05. The van der Waals surface area contributed by atoms with E-state index in [0.717, 1.165) is 6.20 Å². The highest BCUT2D eigenvalue weighted by molar-refractivity contribution is 5.59. The summed E-state index contributed by atoms with van der Waals surface area (Å²) in [6.45, 7) is 1.51. The minimum absolute atomic E-state index is 0.0103. The van der Waals surface area contributed by atoms with Crippen molar-refractivity contribution in [2.24, 2.45) is 0 Å². The van der Waals surface area contributed by atoms with Crippen molar-refractivity contribution in [1.29, 1.82) is 0 Å². The van der Waals surface area contributed by atoms with Gasteiger partial charge in [0, 0.05) is 6.92 Å². The molecule has 0 saturated carbocycles. The van der Waals surface area contributed by atoms with Crippen LogP contribution in [-0.4, -0.2) is 45.6 Å². The molecule has 0 spiro atoms. The van der Waals surface area contributed by atoms with Gasteiger partial charge < -0.3 is 24.7 Å². The SMILES string of the molecule is Cc1ncc([N+](=O)[O-])n1CCOC(=O)OCC=CCO. The maximum atomic E-state index is 11.1. The van der Waals surface area contributed by atoms with Crippen molar-refractivity contribution >= 4 is 12.0 Å². The van der Waals surface area contributed by atoms with Gasteiger partial charge in [0.1, 0.15) is 26.0 Å². The van der Waals surface area contributed by atoms with E-state index < -0.39 is 11.1 Å². The Kier molecular flexibility index (Phi) is 6.17. The number of aliphatic hydroxyl groups excluding tert-OH is 1. The number of imidazole rings is 1. The average molecular weight is 285 g/mol. The third-order valence-electron chi connectivity index (χ3n) is 2.33. The Labute approximate surface area is 114 Å². The molecule has 0 aromatic carbocycles. The quantitative estimate of drug-likeness (QED) is 0.341. The molecule has 0 aliphatic heterocycles. The fourth-order valence-corrected chi connectivity index (χ4v) is 1.40. The number of nitro groups is 1. The van der Waals surface area contributed by atoms with Crippen LogP contribution >= 0.6 is 0 Å². The van der Waals surface area contributed by atoms with Crippen LogP contribution in [0.25, 0.3) is 0 Å². The average Bonchev–Trinajstić information content (AvgIpc) is 2.77. The smallest absolute Gasteiger partial charge is 0.430 e. The maximum absolute atomic E-state index is 11.1. The lowest BCUT2D eigenvalue weighted by molar-refractivity contribution is -0.392. The van der Waals surface area contributed by atoms with Crippen molar-refractivity contribution in [3.05, 3.63) is 34.3 Å². The molecule has 0 saturated heterocycles. The van der Waals surface area contributed by atoms with Crippen LogP contribution < -0.4 is 0 Å². The molecular formula is C11H15N3O6. The largest absolute Gasteiger partial charge is 0.508 e. The highest BCUT2D eigenvalue weighted by Crippen LogP contribution is 2.13. The van der Waals surface area contributed by atoms with Crippen LogP contribution in [0.5, 0.6) is 0 Å². The Hall–Kier alpha value is -2.42. The van der Waals surface area contributed by atoms with Crippen LogP contribution in [0.1, 0.15) is 5.82 Å². The highest BCUT2D eigenvalue weighted by atomic mass is 16.7. The number of nitrogens with zero attached hydrogens (tertiary/aromatic N) is 3. The van der Waals surface area contributed by atoms with Gasteiger partial charge in [-0.1, -0.05) is 6.08 Å². The fourth-order valence-electron chi connectivity index (χ4n) is 1.40. The molecule has 110 valence electrons. The molecule has 0 fully saturated rings. The van der Waals surface area contributed by atoms with Gasteiger partial charge in [-0.25, -0.2) is 14.3 Å². The Morgan fingerprint density at radius 2 is 2.30 bits per heavy atom. The van der Waals surface area contributed by atoms with Gasteiger partial charge in [0.15, 0.2) is 5.82 Å². The second kappa shape index (κ2) is 7.89. The first kappa shape index (κ1) is 15.6. The van der Waals surface area contributed by atoms with Crippen molar-refractivity contribution in [2.45, 2.75) is 13.5 Å². The van der Waals surface area contributed by atoms with Crippen LogP contribution in [-0.2, 0) is 16.0 Å². The molecule has 0 unspecified atom stereocenters. The van der Waals surface area contributed by atoms with Gasteiger partial charge in [0.25, 0.3) is 0 Å². The van der Waals surface area contributed by atoms with E-state index in [9.17, 15) is 14.9 Å². The molecular weight excluding hydrogens is 270 g/mol. The van der Waals surface area contributed by atoms with Gasteiger partial charge in [-0.05, 0) is 11.0 Å². The Bertz CT molecular complexity index is 496. The number of ether oxygens (including phenoxy) is 2. The second-order valence-corrected chi connectivity index (χ2v) is 3.64. The Balaban J connectivity index is 2.37. The Morgan fingerprint density at radius 3 is 2.95 bits per heavy atom. The summed E-state index contributed by atoms with van der Waals surface area (Å²) in [6.07, 6.45) is 3.15. The van der Waals surface area contributed by atoms with Crippen molar-refractivity contribution in [3.63, 3.8) is 0 Å². The number of aliphatic hydroxyl groups is 1. The van der Waals surface area contributed by atoms with E-state index in [0.29, 0.717) is 5.82 Å². The second-order valence-electron chi connectivity index (χ2n) is 3.64. The summed E-state index contributed by atoms with van der Waals surface area (Å²) in [7, 11) is 0. The molecule has 0 aliphatic carbocycles. The van der Waals surface area contributed by atoms with Crippen LogP contribution in [0.2, 0.25) is 0 Å². The zero-order valence-electron chi connectivity index (χ0n) is 10.9. The summed E-state index contributed by atoms with van der Waals surface area (Å²) in [5.41, 5.74) is 0. The highest BCUT2D eigenvalue weighted by Gasteiger charge is 2.17. The molecule has 0 amide bonds. The van der Waals surface area contributed by atoms with Crippen molar-refractivity contribution in [3.8, 4) is 0 Å². The van der Waals surface area contributed by atoms with Gasteiger partial charge in [-0.2, -0.15) is 0 Å². The molecule has 0 aliphatic rings.